The van der Waals surface area contributed by atoms with E-state index in [0.29, 0.717) is 13.0 Å². The van der Waals surface area contributed by atoms with Crippen molar-refractivity contribution < 1.29 is 9.90 Å². The Hall–Kier alpha value is -0.540. The lowest BCUT2D eigenvalue weighted by Gasteiger charge is -2.10. The molecular weight excluding hydrogens is 178 g/mol. The van der Waals surface area contributed by atoms with Crippen molar-refractivity contribution in [1.29, 1.82) is 0 Å². The molecule has 70 valence electrons. The lowest BCUT2D eigenvalue weighted by atomic mass is 10.2. The number of aliphatic carboxylic acids is 1. The highest BCUT2D eigenvalue weighted by atomic mass is 35.5. The van der Waals surface area contributed by atoms with Gasteiger partial charge in [0.2, 0.25) is 0 Å². The number of carbonyl (C=O) groups is 1. The second kappa shape index (κ2) is 7.13. The van der Waals surface area contributed by atoms with Crippen LogP contribution >= 0.6 is 11.6 Å². The summed E-state index contributed by atoms with van der Waals surface area (Å²) in [5.74, 6) is -0.806. The summed E-state index contributed by atoms with van der Waals surface area (Å²) in [6, 6.07) is -0.456. The zero-order valence-corrected chi connectivity index (χ0v) is 7.84. The lowest BCUT2D eigenvalue weighted by Crippen LogP contribution is -2.36. The molecule has 0 saturated carbocycles. The summed E-state index contributed by atoms with van der Waals surface area (Å²) in [6.07, 6.45) is 3.17. The van der Waals surface area contributed by atoms with Crippen molar-refractivity contribution in [2.45, 2.75) is 25.8 Å². The van der Waals surface area contributed by atoms with E-state index >= 15 is 0 Å². The maximum Gasteiger partial charge on any atom is 0.320 e. The van der Waals surface area contributed by atoms with Crippen molar-refractivity contribution in [3.8, 4) is 0 Å². The van der Waals surface area contributed by atoms with Gasteiger partial charge in [-0.2, -0.15) is 0 Å². The summed E-state index contributed by atoms with van der Waals surface area (Å²) in [5.41, 5.74) is 1.37. The van der Waals surface area contributed by atoms with E-state index in [0.717, 1.165) is 6.42 Å². The summed E-state index contributed by atoms with van der Waals surface area (Å²) in [7, 11) is 0. The zero-order valence-electron chi connectivity index (χ0n) is 7.09. The van der Waals surface area contributed by atoms with Gasteiger partial charge in [-0.3, -0.25) is 4.79 Å². The van der Waals surface area contributed by atoms with Gasteiger partial charge in [0.15, 0.2) is 0 Å². The first-order valence-corrected chi connectivity index (χ1v) is 4.37. The highest BCUT2D eigenvalue weighted by Crippen LogP contribution is 1.96. The van der Waals surface area contributed by atoms with Crippen molar-refractivity contribution in [2.24, 2.45) is 0 Å². The first kappa shape index (κ1) is 11.5. The molecule has 0 aliphatic heterocycles. The minimum absolute atomic E-state index is 0.456. The van der Waals surface area contributed by atoms with Crippen LogP contribution in [0.5, 0.6) is 0 Å². The van der Waals surface area contributed by atoms with Gasteiger partial charge >= 0.3 is 5.97 Å². The van der Waals surface area contributed by atoms with Gasteiger partial charge in [-0.15, -0.1) is 0 Å². The Morgan fingerprint density at radius 3 is 2.83 bits per heavy atom. The molecule has 0 radical (unpaired) electrons. The number of carboxylic acids is 1. The quantitative estimate of drug-likeness (QED) is 0.670. The van der Waals surface area contributed by atoms with Gasteiger partial charge in [0.1, 0.15) is 6.04 Å². The molecule has 4 heteroatoms. The van der Waals surface area contributed by atoms with E-state index in [1.807, 2.05) is 6.92 Å². The maximum atomic E-state index is 10.6. The molecule has 1 unspecified atom stereocenters. The normalized spacial score (nSPS) is 13.5. The van der Waals surface area contributed by atoms with E-state index in [-0.39, 0.29) is 0 Å². The SMILES string of the molecule is CCCC(NC/C=C/Cl)C(=O)O. The second-order valence-electron chi connectivity index (χ2n) is 2.45. The molecule has 0 aromatic heterocycles. The Morgan fingerprint density at radius 1 is 1.75 bits per heavy atom. The molecule has 3 nitrogen and oxygen atoms in total. The van der Waals surface area contributed by atoms with Crippen LogP contribution in [0, 0.1) is 0 Å². The second-order valence-corrected chi connectivity index (χ2v) is 2.70. The first-order valence-electron chi connectivity index (χ1n) is 3.93. The minimum Gasteiger partial charge on any atom is -0.480 e. The van der Waals surface area contributed by atoms with Crippen LogP contribution in [0.3, 0.4) is 0 Å². The predicted molar refractivity (Wildman–Crippen MR) is 49.3 cm³/mol. The van der Waals surface area contributed by atoms with Crippen molar-refractivity contribution in [1.82, 2.24) is 5.32 Å². The summed E-state index contributed by atoms with van der Waals surface area (Å²) < 4.78 is 0. The van der Waals surface area contributed by atoms with Crippen LogP contribution in [0.25, 0.3) is 0 Å². The van der Waals surface area contributed by atoms with Crippen LogP contribution in [0.1, 0.15) is 19.8 Å². The van der Waals surface area contributed by atoms with Crippen LogP contribution in [0.2, 0.25) is 0 Å². The lowest BCUT2D eigenvalue weighted by molar-refractivity contribution is -0.139. The number of carboxylic acid groups (broad SMARTS) is 1. The molecule has 0 spiro atoms. The van der Waals surface area contributed by atoms with Crippen LogP contribution in [0.4, 0.5) is 0 Å². The molecule has 0 rings (SSSR count). The van der Waals surface area contributed by atoms with Gasteiger partial charge in [0.25, 0.3) is 0 Å². The minimum atomic E-state index is -0.806. The predicted octanol–water partition coefficient (Wildman–Crippen LogP) is 1.58. The molecule has 0 fully saturated rings. The molecule has 0 saturated heterocycles. The number of nitrogens with one attached hydrogen (secondary N) is 1. The summed E-state index contributed by atoms with van der Waals surface area (Å²) in [6.45, 7) is 2.45. The summed E-state index contributed by atoms with van der Waals surface area (Å²) >= 11 is 5.27. The summed E-state index contributed by atoms with van der Waals surface area (Å²) in [4.78, 5) is 10.6. The fourth-order valence-electron chi connectivity index (χ4n) is 0.856. The fraction of sp³-hybridized carbons (Fsp3) is 0.625. The van der Waals surface area contributed by atoms with E-state index in [1.54, 1.807) is 6.08 Å². The van der Waals surface area contributed by atoms with E-state index < -0.39 is 12.0 Å². The Morgan fingerprint density at radius 2 is 2.42 bits per heavy atom. The molecule has 0 heterocycles. The van der Waals surface area contributed by atoms with Crippen molar-refractivity contribution in [2.75, 3.05) is 6.54 Å². The first-order chi connectivity index (χ1) is 5.72. The average Bonchev–Trinajstić information content (AvgIpc) is 2.03. The summed E-state index contributed by atoms with van der Waals surface area (Å²) in [5, 5.41) is 11.5. The Bertz CT molecular complexity index is 159. The third-order valence-electron chi connectivity index (χ3n) is 1.45. The molecular formula is C8H14ClNO2. The number of rotatable bonds is 6. The van der Waals surface area contributed by atoms with Gasteiger partial charge in [0.05, 0.1) is 0 Å². The highest BCUT2D eigenvalue weighted by molar-refractivity contribution is 6.25. The van der Waals surface area contributed by atoms with Gasteiger partial charge in [-0.1, -0.05) is 31.0 Å². The topological polar surface area (TPSA) is 49.3 Å². The van der Waals surface area contributed by atoms with Crippen molar-refractivity contribution in [3.63, 3.8) is 0 Å². The maximum absolute atomic E-state index is 10.6. The standard InChI is InChI=1S/C8H14ClNO2/c1-2-4-7(8(11)12)10-6-3-5-9/h3,5,7,10H,2,4,6H2,1H3,(H,11,12)/b5-3+. The Kier molecular flexibility index (Phi) is 6.81. The Balaban J connectivity index is 3.71. The third kappa shape index (κ3) is 5.16. The molecule has 0 aliphatic rings. The van der Waals surface area contributed by atoms with Crippen LogP contribution in [-0.4, -0.2) is 23.7 Å². The van der Waals surface area contributed by atoms with Gasteiger partial charge < -0.3 is 10.4 Å². The molecule has 0 aromatic carbocycles. The van der Waals surface area contributed by atoms with E-state index in [1.165, 1.54) is 5.54 Å². The van der Waals surface area contributed by atoms with Gasteiger partial charge in [-0.25, -0.2) is 0 Å². The van der Waals surface area contributed by atoms with E-state index in [2.05, 4.69) is 5.32 Å². The van der Waals surface area contributed by atoms with Crippen LogP contribution in [0.15, 0.2) is 11.6 Å². The van der Waals surface area contributed by atoms with E-state index in [9.17, 15) is 4.79 Å². The molecule has 12 heavy (non-hydrogen) atoms. The highest BCUT2D eigenvalue weighted by Gasteiger charge is 2.13. The number of hydrogen-bond acceptors (Lipinski definition) is 2. The molecule has 0 aromatic rings. The number of hydrogen-bond donors (Lipinski definition) is 2. The van der Waals surface area contributed by atoms with Crippen LogP contribution < -0.4 is 5.32 Å². The van der Waals surface area contributed by atoms with Gasteiger partial charge in [0, 0.05) is 12.1 Å². The largest absolute Gasteiger partial charge is 0.480 e. The molecule has 0 aliphatic carbocycles. The molecule has 0 amide bonds. The number of halogens is 1. The monoisotopic (exact) mass is 191 g/mol. The smallest absolute Gasteiger partial charge is 0.320 e. The fourth-order valence-corrected chi connectivity index (χ4v) is 0.945. The zero-order chi connectivity index (χ0) is 9.40. The third-order valence-corrected chi connectivity index (χ3v) is 1.62. The van der Waals surface area contributed by atoms with Crippen molar-refractivity contribution in [3.05, 3.63) is 11.6 Å². The Labute approximate surface area is 77.4 Å². The average molecular weight is 192 g/mol. The van der Waals surface area contributed by atoms with Gasteiger partial charge in [-0.05, 0) is 6.42 Å². The molecule has 0 bridgehead atoms. The van der Waals surface area contributed by atoms with E-state index in [4.69, 9.17) is 16.7 Å². The van der Waals surface area contributed by atoms with Crippen molar-refractivity contribution >= 4 is 17.6 Å². The molecule has 1 atom stereocenters. The van der Waals surface area contributed by atoms with Crippen LogP contribution in [-0.2, 0) is 4.79 Å². The molecule has 2 N–H and O–H groups in total.